The lowest BCUT2D eigenvalue weighted by Gasteiger charge is -2.19. The van der Waals surface area contributed by atoms with Gasteiger partial charge in [-0.1, -0.05) is 18.6 Å². The summed E-state index contributed by atoms with van der Waals surface area (Å²) in [5, 5.41) is 2.07. The van der Waals surface area contributed by atoms with Gasteiger partial charge in [-0.05, 0) is 24.8 Å². The van der Waals surface area contributed by atoms with E-state index < -0.39 is 0 Å². The number of hydrogen-bond donors (Lipinski definition) is 0. The van der Waals surface area contributed by atoms with Crippen LogP contribution in [0, 0.1) is 0 Å². The van der Waals surface area contributed by atoms with Gasteiger partial charge in [0.25, 0.3) is 0 Å². The van der Waals surface area contributed by atoms with Gasteiger partial charge in [-0.25, -0.2) is 0 Å². The topological polar surface area (TPSA) is 18.5 Å². The molecule has 1 aromatic heterocycles. The number of ether oxygens (including phenoxy) is 2. The summed E-state index contributed by atoms with van der Waals surface area (Å²) >= 11 is 1.72. The predicted octanol–water partition coefficient (Wildman–Crippen LogP) is 3.55. The molecule has 0 radical (unpaired) electrons. The Labute approximate surface area is 95.5 Å². The predicted molar refractivity (Wildman–Crippen MR) is 65.0 cm³/mol. The maximum absolute atomic E-state index is 5.33. The Morgan fingerprint density at radius 2 is 2.07 bits per heavy atom. The maximum atomic E-state index is 5.33. The van der Waals surface area contributed by atoms with Crippen molar-refractivity contribution >= 4 is 16.9 Å². The molecular weight excluding hydrogens is 208 g/mol. The highest BCUT2D eigenvalue weighted by atomic mass is 32.1. The van der Waals surface area contributed by atoms with Crippen molar-refractivity contribution in [1.82, 2.24) is 0 Å². The van der Waals surface area contributed by atoms with Gasteiger partial charge < -0.3 is 9.47 Å². The Kier molecular flexibility index (Phi) is 5.02. The summed E-state index contributed by atoms with van der Waals surface area (Å²) < 4.78 is 10.7. The van der Waals surface area contributed by atoms with Crippen LogP contribution in [0.15, 0.2) is 23.1 Å². The molecule has 2 nitrogen and oxygen atoms in total. The smallest absolute Gasteiger partial charge is 0.184 e. The average Bonchev–Trinajstić information content (AvgIpc) is 2.77. The third-order valence-electron chi connectivity index (χ3n) is 2.44. The van der Waals surface area contributed by atoms with Crippen LogP contribution in [-0.4, -0.2) is 20.5 Å². The minimum atomic E-state index is -0.261. The molecule has 0 aromatic carbocycles. The van der Waals surface area contributed by atoms with E-state index in [1.165, 1.54) is 10.5 Å². The second kappa shape index (κ2) is 6.05. The first-order chi connectivity index (χ1) is 7.24. The first-order valence-electron chi connectivity index (χ1n) is 5.03. The molecule has 1 heterocycles. The van der Waals surface area contributed by atoms with Crippen LogP contribution in [0.3, 0.4) is 0 Å². The molecule has 1 rings (SSSR count). The van der Waals surface area contributed by atoms with Gasteiger partial charge in [-0.3, -0.25) is 0 Å². The summed E-state index contributed by atoms with van der Waals surface area (Å²) in [5.41, 5.74) is 2.48. The van der Waals surface area contributed by atoms with Gasteiger partial charge in [-0.2, -0.15) is 0 Å². The zero-order chi connectivity index (χ0) is 11.3. The molecule has 0 N–H and O–H groups in total. The fourth-order valence-corrected chi connectivity index (χ4v) is 2.34. The molecule has 3 heteroatoms. The number of rotatable bonds is 5. The molecule has 0 atom stereocenters. The van der Waals surface area contributed by atoms with Crippen molar-refractivity contribution in [3.05, 3.63) is 28.0 Å². The van der Waals surface area contributed by atoms with Gasteiger partial charge in [0.1, 0.15) is 0 Å². The van der Waals surface area contributed by atoms with Crippen LogP contribution in [0.2, 0.25) is 0 Å². The SMILES string of the molecule is CC/C(C)=C(\c1cccs1)C(OC)OC. The van der Waals surface area contributed by atoms with Crippen molar-refractivity contribution in [2.24, 2.45) is 0 Å². The van der Waals surface area contributed by atoms with Gasteiger partial charge in [0, 0.05) is 24.7 Å². The number of methoxy groups -OCH3 is 2. The van der Waals surface area contributed by atoms with Crippen LogP contribution >= 0.6 is 11.3 Å². The second-order valence-corrected chi connectivity index (χ2v) is 4.28. The van der Waals surface area contributed by atoms with Crippen LogP contribution in [0.4, 0.5) is 0 Å². The van der Waals surface area contributed by atoms with Gasteiger partial charge in [0.15, 0.2) is 6.29 Å². The number of hydrogen-bond acceptors (Lipinski definition) is 3. The Balaban J connectivity index is 3.09. The van der Waals surface area contributed by atoms with Crippen molar-refractivity contribution in [1.29, 1.82) is 0 Å². The summed E-state index contributed by atoms with van der Waals surface area (Å²) in [6.07, 6.45) is 0.750. The summed E-state index contributed by atoms with van der Waals surface area (Å²) in [6, 6.07) is 4.15. The highest BCUT2D eigenvalue weighted by Gasteiger charge is 2.17. The molecule has 0 saturated carbocycles. The quantitative estimate of drug-likeness (QED) is 0.715. The Hall–Kier alpha value is -0.640. The van der Waals surface area contributed by atoms with Crippen LogP contribution in [-0.2, 0) is 9.47 Å². The molecule has 15 heavy (non-hydrogen) atoms. The van der Waals surface area contributed by atoms with Gasteiger partial charge in [0.2, 0.25) is 0 Å². The van der Waals surface area contributed by atoms with E-state index in [2.05, 4.69) is 25.3 Å². The fraction of sp³-hybridized carbons (Fsp3) is 0.500. The first-order valence-corrected chi connectivity index (χ1v) is 5.91. The van der Waals surface area contributed by atoms with E-state index in [1.807, 2.05) is 6.07 Å². The monoisotopic (exact) mass is 226 g/mol. The average molecular weight is 226 g/mol. The Bertz CT molecular complexity index is 310. The third-order valence-corrected chi connectivity index (χ3v) is 3.34. The summed E-state index contributed by atoms with van der Waals surface area (Å²) in [4.78, 5) is 1.23. The largest absolute Gasteiger partial charge is 0.352 e. The van der Waals surface area contributed by atoms with Crippen molar-refractivity contribution in [3.63, 3.8) is 0 Å². The van der Waals surface area contributed by atoms with Crippen LogP contribution < -0.4 is 0 Å². The van der Waals surface area contributed by atoms with Gasteiger partial charge in [0.05, 0.1) is 0 Å². The lowest BCUT2D eigenvalue weighted by atomic mass is 10.1. The summed E-state index contributed by atoms with van der Waals surface area (Å²) in [7, 11) is 3.34. The zero-order valence-corrected chi connectivity index (χ0v) is 10.6. The molecule has 84 valence electrons. The molecule has 0 amide bonds. The van der Waals surface area contributed by atoms with E-state index in [-0.39, 0.29) is 6.29 Å². The molecule has 0 bridgehead atoms. The van der Waals surface area contributed by atoms with Crippen LogP contribution in [0.25, 0.3) is 5.57 Å². The summed E-state index contributed by atoms with van der Waals surface area (Å²) in [6.45, 7) is 4.27. The maximum Gasteiger partial charge on any atom is 0.184 e. The highest BCUT2D eigenvalue weighted by molar-refractivity contribution is 7.11. The fourth-order valence-electron chi connectivity index (χ4n) is 1.48. The van der Waals surface area contributed by atoms with Crippen molar-refractivity contribution in [2.45, 2.75) is 26.6 Å². The number of allylic oxidation sites excluding steroid dienone is 1. The standard InChI is InChI=1S/C12H18O2S/c1-5-9(2)11(12(13-3)14-4)10-7-6-8-15-10/h6-8,12H,5H2,1-4H3/b11-9+. The van der Waals surface area contributed by atoms with Crippen molar-refractivity contribution in [3.8, 4) is 0 Å². The van der Waals surface area contributed by atoms with E-state index in [0.717, 1.165) is 12.0 Å². The van der Waals surface area contributed by atoms with Crippen molar-refractivity contribution in [2.75, 3.05) is 14.2 Å². The minimum absolute atomic E-state index is 0.261. The van der Waals surface area contributed by atoms with E-state index in [0.29, 0.717) is 0 Å². The van der Waals surface area contributed by atoms with E-state index >= 15 is 0 Å². The Morgan fingerprint density at radius 3 is 2.47 bits per heavy atom. The zero-order valence-electron chi connectivity index (χ0n) is 9.74. The van der Waals surface area contributed by atoms with Crippen molar-refractivity contribution < 1.29 is 9.47 Å². The molecule has 0 fully saturated rings. The normalized spacial score (nSPS) is 13.1. The third kappa shape index (κ3) is 2.91. The van der Waals surface area contributed by atoms with E-state index in [9.17, 15) is 0 Å². The molecule has 0 aliphatic rings. The minimum Gasteiger partial charge on any atom is -0.352 e. The van der Waals surface area contributed by atoms with Gasteiger partial charge in [-0.15, -0.1) is 11.3 Å². The molecule has 1 aromatic rings. The van der Waals surface area contributed by atoms with E-state index in [1.54, 1.807) is 25.6 Å². The van der Waals surface area contributed by atoms with Crippen LogP contribution in [0.5, 0.6) is 0 Å². The molecule has 0 aliphatic heterocycles. The number of thiophene rings is 1. The molecule has 0 spiro atoms. The summed E-state index contributed by atoms with van der Waals surface area (Å²) in [5.74, 6) is 0. The first kappa shape index (κ1) is 12.4. The molecule has 0 unspecified atom stereocenters. The molecular formula is C12H18O2S. The lowest BCUT2D eigenvalue weighted by molar-refractivity contribution is -0.0592. The van der Waals surface area contributed by atoms with E-state index in [4.69, 9.17) is 9.47 Å². The Morgan fingerprint density at radius 1 is 1.40 bits per heavy atom. The second-order valence-electron chi connectivity index (χ2n) is 3.33. The van der Waals surface area contributed by atoms with Gasteiger partial charge >= 0.3 is 0 Å². The van der Waals surface area contributed by atoms with Crippen LogP contribution in [0.1, 0.15) is 25.1 Å². The lowest BCUT2D eigenvalue weighted by Crippen LogP contribution is -2.16. The molecule has 0 saturated heterocycles. The molecule has 0 aliphatic carbocycles. The highest BCUT2D eigenvalue weighted by Crippen LogP contribution is 2.29.